The number of halogens is 2. The van der Waals surface area contributed by atoms with Crippen LogP contribution in [-0.4, -0.2) is 6.41 Å². The summed E-state index contributed by atoms with van der Waals surface area (Å²) in [4.78, 5) is 10.0. The Morgan fingerprint density at radius 1 is 1.46 bits per heavy atom. The van der Waals surface area contributed by atoms with Crippen LogP contribution in [0, 0.1) is 23.0 Å². The molecule has 0 aliphatic rings. The number of benzene rings is 1. The molecule has 0 aromatic heterocycles. The molecule has 0 atom stereocenters. The molecule has 0 aliphatic heterocycles. The van der Waals surface area contributed by atoms with E-state index in [0.717, 1.165) is 12.1 Å². The SMILES string of the molecule is N#Cc1c(NC=O)ccc(F)c1F. The van der Waals surface area contributed by atoms with Crippen LogP contribution in [0.5, 0.6) is 0 Å². The van der Waals surface area contributed by atoms with Gasteiger partial charge in [-0.2, -0.15) is 5.26 Å². The number of amides is 1. The fraction of sp³-hybridized carbons (Fsp3) is 0. The van der Waals surface area contributed by atoms with E-state index in [-0.39, 0.29) is 12.1 Å². The standard InChI is InChI=1S/C8H4F2N2O/c9-6-1-2-7(12-4-13)5(3-11)8(6)10/h1-2,4H,(H,12,13). The molecule has 0 saturated carbocycles. The second-order valence-electron chi connectivity index (χ2n) is 2.16. The number of hydrogen-bond acceptors (Lipinski definition) is 2. The normalized spacial score (nSPS) is 9.00. The lowest BCUT2D eigenvalue weighted by Crippen LogP contribution is -2.00. The molecule has 1 aromatic carbocycles. The molecule has 0 heterocycles. The Hall–Kier alpha value is -1.96. The van der Waals surface area contributed by atoms with Crippen molar-refractivity contribution in [2.45, 2.75) is 0 Å². The van der Waals surface area contributed by atoms with E-state index in [2.05, 4.69) is 5.32 Å². The van der Waals surface area contributed by atoms with Gasteiger partial charge in [-0.1, -0.05) is 0 Å². The van der Waals surface area contributed by atoms with Crippen LogP contribution in [0.1, 0.15) is 5.56 Å². The highest BCUT2D eigenvalue weighted by Gasteiger charge is 2.12. The van der Waals surface area contributed by atoms with Crippen LogP contribution < -0.4 is 5.32 Å². The molecule has 0 radical (unpaired) electrons. The summed E-state index contributed by atoms with van der Waals surface area (Å²) in [7, 11) is 0. The molecule has 13 heavy (non-hydrogen) atoms. The minimum atomic E-state index is -1.26. The highest BCUT2D eigenvalue weighted by Crippen LogP contribution is 2.19. The maximum atomic E-state index is 12.8. The summed E-state index contributed by atoms with van der Waals surface area (Å²) in [6.07, 6.45) is 0.285. The predicted octanol–water partition coefficient (Wildman–Crippen LogP) is 1.40. The van der Waals surface area contributed by atoms with Crippen LogP contribution in [-0.2, 0) is 4.79 Å². The van der Waals surface area contributed by atoms with Crippen molar-refractivity contribution in [2.75, 3.05) is 5.32 Å². The quantitative estimate of drug-likeness (QED) is 0.703. The summed E-state index contributed by atoms with van der Waals surface area (Å²) in [5, 5.41) is 10.5. The van der Waals surface area contributed by atoms with Gasteiger partial charge in [0.1, 0.15) is 11.6 Å². The van der Waals surface area contributed by atoms with E-state index in [1.165, 1.54) is 6.07 Å². The molecule has 0 saturated heterocycles. The van der Waals surface area contributed by atoms with Crippen molar-refractivity contribution in [3.8, 4) is 6.07 Å². The first-order chi connectivity index (χ1) is 6.20. The Labute approximate surface area is 72.6 Å². The zero-order valence-electron chi connectivity index (χ0n) is 6.34. The lowest BCUT2D eigenvalue weighted by Gasteiger charge is -2.02. The number of rotatable bonds is 2. The molecule has 0 bridgehead atoms. The Balaban J connectivity index is 3.31. The molecule has 0 unspecified atom stereocenters. The van der Waals surface area contributed by atoms with Crippen LogP contribution in [0.25, 0.3) is 0 Å². The van der Waals surface area contributed by atoms with E-state index >= 15 is 0 Å². The van der Waals surface area contributed by atoms with Crippen molar-refractivity contribution in [3.63, 3.8) is 0 Å². The van der Waals surface area contributed by atoms with Crippen LogP contribution in [0.4, 0.5) is 14.5 Å². The van der Waals surface area contributed by atoms with E-state index in [0.29, 0.717) is 0 Å². The summed E-state index contributed by atoms with van der Waals surface area (Å²) in [5.41, 5.74) is -0.552. The Morgan fingerprint density at radius 2 is 2.15 bits per heavy atom. The monoisotopic (exact) mass is 182 g/mol. The minimum absolute atomic E-state index is 0.0450. The average molecular weight is 182 g/mol. The van der Waals surface area contributed by atoms with Crippen LogP contribution in [0.3, 0.4) is 0 Å². The molecule has 1 N–H and O–H groups in total. The smallest absolute Gasteiger partial charge is 0.211 e. The van der Waals surface area contributed by atoms with Gasteiger partial charge in [-0.05, 0) is 12.1 Å². The zero-order chi connectivity index (χ0) is 9.84. The molecule has 1 amide bonds. The van der Waals surface area contributed by atoms with E-state index in [9.17, 15) is 13.6 Å². The number of hydrogen-bond donors (Lipinski definition) is 1. The van der Waals surface area contributed by atoms with E-state index in [1.54, 1.807) is 0 Å². The molecule has 0 fully saturated rings. The minimum Gasteiger partial charge on any atom is -0.327 e. The van der Waals surface area contributed by atoms with Crippen LogP contribution in [0.15, 0.2) is 12.1 Å². The second kappa shape index (κ2) is 3.63. The van der Waals surface area contributed by atoms with Gasteiger partial charge in [0.05, 0.1) is 5.69 Å². The molecule has 1 aromatic rings. The molecule has 66 valence electrons. The highest BCUT2D eigenvalue weighted by atomic mass is 19.2. The third-order valence-electron chi connectivity index (χ3n) is 1.42. The van der Waals surface area contributed by atoms with Gasteiger partial charge in [0.25, 0.3) is 0 Å². The fourth-order valence-corrected chi connectivity index (χ4v) is 0.844. The van der Waals surface area contributed by atoms with Crippen molar-refractivity contribution in [1.29, 1.82) is 5.26 Å². The van der Waals surface area contributed by atoms with Crippen LogP contribution >= 0.6 is 0 Å². The molecule has 0 spiro atoms. The fourth-order valence-electron chi connectivity index (χ4n) is 0.844. The molecular formula is C8H4F2N2O. The van der Waals surface area contributed by atoms with Gasteiger partial charge >= 0.3 is 0 Å². The number of nitrogens with one attached hydrogen (secondary N) is 1. The summed E-state index contributed by atoms with van der Waals surface area (Å²) in [6, 6.07) is 3.40. The summed E-state index contributed by atoms with van der Waals surface area (Å²) >= 11 is 0. The maximum absolute atomic E-state index is 12.8. The van der Waals surface area contributed by atoms with E-state index in [4.69, 9.17) is 5.26 Å². The number of anilines is 1. The number of carbonyl (C=O) groups is 1. The zero-order valence-corrected chi connectivity index (χ0v) is 6.34. The lowest BCUT2D eigenvalue weighted by molar-refractivity contribution is -0.105. The Morgan fingerprint density at radius 3 is 2.69 bits per heavy atom. The molecule has 3 nitrogen and oxygen atoms in total. The van der Waals surface area contributed by atoms with Gasteiger partial charge in [-0.15, -0.1) is 0 Å². The van der Waals surface area contributed by atoms with Gasteiger partial charge in [-0.3, -0.25) is 4.79 Å². The molecule has 5 heteroatoms. The van der Waals surface area contributed by atoms with E-state index < -0.39 is 17.2 Å². The number of nitriles is 1. The summed E-state index contributed by atoms with van der Waals surface area (Å²) < 4.78 is 25.4. The predicted molar refractivity (Wildman–Crippen MR) is 40.8 cm³/mol. The largest absolute Gasteiger partial charge is 0.327 e. The summed E-state index contributed by atoms with van der Waals surface area (Å²) in [6.45, 7) is 0. The second-order valence-corrected chi connectivity index (χ2v) is 2.16. The van der Waals surface area contributed by atoms with Gasteiger partial charge in [-0.25, -0.2) is 8.78 Å². The molecular weight excluding hydrogens is 178 g/mol. The van der Waals surface area contributed by atoms with Gasteiger partial charge in [0, 0.05) is 0 Å². The first-order valence-corrected chi connectivity index (χ1v) is 3.29. The average Bonchev–Trinajstić information content (AvgIpc) is 2.12. The van der Waals surface area contributed by atoms with E-state index in [1.807, 2.05) is 0 Å². The summed E-state index contributed by atoms with van der Waals surface area (Å²) in [5.74, 6) is -2.37. The number of nitrogens with zero attached hydrogens (tertiary/aromatic N) is 1. The molecule has 1 rings (SSSR count). The van der Waals surface area contributed by atoms with Crippen LogP contribution in [0.2, 0.25) is 0 Å². The first kappa shape index (κ1) is 9.13. The van der Waals surface area contributed by atoms with Gasteiger partial charge < -0.3 is 5.32 Å². The third kappa shape index (κ3) is 1.62. The Kier molecular flexibility index (Phi) is 2.55. The Bertz CT molecular complexity index is 384. The van der Waals surface area contributed by atoms with Crippen molar-refractivity contribution < 1.29 is 13.6 Å². The van der Waals surface area contributed by atoms with Gasteiger partial charge in [0.15, 0.2) is 11.6 Å². The van der Waals surface area contributed by atoms with Crippen molar-refractivity contribution in [2.24, 2.45) is 0 Å². The van der Waals surface area contributed by atoms with Crippen molar-refractivity contribution >= 4 is 12.1 Å². The van der Waals surface area contributed by atoms with Gasteiger partial charge in [0.2, 0.25) is 6.41 Å². The van der Waals surface area contributed by atoms with Crippen molar-refractivity contribution in [1.82, 2.24) is 0 Å². The number of carbonyl (C=O) groups excluding carboxylic acids is 1. The first-order valence-electron chi connectivity index (χ1n) is 3.29. The maximum Gasteiger partial charge on any atom is 0.211 e. The highest BCUT2D eigenvalue weighted by molar-refractivity contribution is 5.75. The van der Waals surface area contributed by atoms with Crippen molar-refractivity contribution in [3.05, 3.63) is 29.3 Å². The third-order valence-corrected chi connectivity index (χ3v) is 1.42. The topological polar surface area (TPSA) is 52.9 Å². The molecule has 0 aliphatic carbocycles. The lowest BCUT2D eigenvalue weighted by atomic mass is 10.2.